The van der Waals surface area contributed by atoms with Crippen molar-refractivity contribution in [2.75, 3.05) is 32.8 Å². The molecule has 33 heavy (non-hydrogen) atoms. The maximum atomic E-state index is 12.3. The molecule has 10 heteroatoms. The first-order valence-corrected chi connectivity index (χ1v) is 12.7. The normalized spacial score (nSPS) is 20.9. The molecule has 1 N–H and O–H groups in total. The van der Waals surface area contributed by atoms with Gasteiger partial charge in [0.25, 0.3) is 5.88 Å². The van der Waals surface area contributed by atoms with Gasteiger partial charge in [0.05, 0.1) is 15.9 Å². The molecule has 6 rings (SSSR count). The van der Waals surface area contributed by atoms with Crippen LogP contribution in [0, 0.1) is 0 Å². The summed E-state index contributed by atoms with van der Waals surface area (Å²) in [6, 6.07) is 6.31. The van der Waals surface area contributed by atoms with Crippen LogP contribution >= 0.6 is 22.9 Å². The maximum Gasteiger partial charge on any atom is 0.308 e. The van der Waals surface area contributed by atoms with E-state index in [1.54, 1.807) is 0 Å². The minimum absolute atomic E-state index is 0.126. The van der Waals surface area contributed by atoms with Gasteiger partial charge >= 0.3 is 4.87 Å². The minimum atomic E-state index is 0.126. The number of aryl methyl sites for hydroxylation is 1. The fraction of sp³-hybridized carbons (Fsp3) is 0.522. The number of ether oxygens (including phenoxy) is 2. The average Bonchev–Trinajstić information content (AvgIpc) is 3.17. The highest BCUT2D eigenvalue weighted by Crippen LogP contribution is 2.39. The predicted molar refractivity (Wildman–Crippen MR) is 128 cm³/mol. The van der Waals surface area contributed by atoms with E-state index in [1.165, 1.54) is 11.3 Å². The predicted octanol–water partition coefficient (Wildman–Crippen LogP) is 3.02. The molecule has 5 heterocycles. The monoisotopic (exact) mass is 487 g/mol. The van der Waals surface area contributed by atoms with Crippen molar-refractivity contribution in [3.8, 4) is 11.6 Å². The van der Waals surface area contributed by atoms with Gasteiger partial charge in [-0.05, 0) is 44.5 Å². The molecule has 1 saturated heterocycles. The molecule has 1 fully saturated rings. The molecule has 0 bridgehead atoms. The number of rotatable bonds is 5. The molecule has 0 amide bonds. The Morgan fingerprint density at radius 2 is 1.97 bits per heavy atom. The van der Waals surface area contributed by atoms with Crippen LogP contribution in [0.25, 0.3) is 10.2 Å². The van der Waals surface area contributed by atoms with E-state index in [0.29, 0.717) is 43.3 Å². The molecule has 1 unspecified atom stereocenters. The third kappa shape index (κ3) is 4.12. The van der Waals surface area contributed by atoms with Crippen LogP contribution in [-0.2, 0) is 13.1 Å². The SMILES string of the molecule is O=c1sc2ccc(Cl)c3c2n1CCC3CN1CCC(NCc2cc3c(nn2)OCCO3)CC1. The minimum Gasteiger partial charge on any atom is -0.484 e. The second kappa shape index (κ2) is 8.87. The summed E-state index contributed by atoms with van der Waals surface area (Å²) in [6.07, 6.45) is 3.14. The molecule has 3 aliphatic rings. The summed E-state index contributed by atoms with van der Waals surface area (Å²) in [5.41, 5.74) is 3.09. The van der Waals surface area contributed by atoms with Crippen LogP contribution in [0.1, 0.15) is 36.4 Å². The molecule has 1 atom stereocenters. The van der Waals surface area contributed by atoms with E-state index in [2.05, 4.69) is 20.4 Å². The topological polar surface area (TPSA) is 81.5 Å². The van der Waals surface area contributed by atoms with Crippen molar-refractivity contribution in [3.63, 3.8) is 0 Å². The molecule has 3 aromatic rings. The van der Waals surface area contributed by atoms with E-state index >= 15 is 0 Å². The van der Waals surface area contributed by atoms with E-state index in [-0.39, 0.29) is 4.87 Å². The number of nitrogens with zero attached hydrogens (tertiary/aromatic N) is 4. The zero-order valence-corrected chi connectivity index (χ0v) is 19.8. The van der Waals surface area contributed by atoms with E-state index in [1.807, 2.05) is 22.8 Å². The Morgan fingerprint density at radius 3 is 2.85 bits per heavy atom. The van der Waals surface area contributed by atoms with Crippen LogP contribution in [-0.4, -0.2) is 58.6 Å². The summed E-state index contributed by atoms with van der Waals surface area (Å²) in [5.74, 6) is 1.53. The van der Waals surface area contributed by atoms with Crippen LogP contribution in [0.3, 0.4) is 0 Å². The Bertz CT molecular complexity index is 1240. The first kappa shape index (κ1) is 21.3. The number of aromatic nitrogens is 3. The lowest BCUT2D eigenvalue weighted by atomic mass is 9.90. The first-order valence-electron chi connectivity index (χ1n) is 11.6. The number of hydrogen-bond donors (Lipinski definition) is 1. The number of hydrogen-bond acceptors (Lipinski definition) is 8. The highest BCUT2D eigenvalue weighted by Gasteiger charge is 2.29. The summed E-state index contributed by atoms with van der Waals surface area (Å²) in [4.78, 5) is 15.0. The standard InChI is InChI=1S/C23H26ClN5O3S/c24-17-1-2-19-21-20(17)14(3-8-29(21)23(30)33-19)13-28-6-4-15(5-7-28)25-12-16-11-18-22(27-26-16)32-10-9-31-18/h1-2,11,14-15,25H,3-10,12-13H2. The molecule has 8 nitrogen and oxygen atoms in total. The van der Waals surface area contributed by atoms with Crippen molar-refractivity contribution in [1.29, 1.82) is 0 Å². The Balaban J connectivity index is 1.06. The maximum absolute atomic E-state index is 12.3. The lowest BCUT2D eigenvalue weighted by Gasteiger charge is -2.36. The lowest BCUT2D eigenvalue weighted by molar-refractivity contribution is 0.161. The van der Waals surface area contributed by atoms with Crippen LogP contribution in [0.4, 0.5) is 0 Å². The van der Waals surface area contributed by atoms with Gasteiger partial charge in [0.1, 0.15) is 13.2 Å². The number of thiazole rings is 1. The number of nitrogens with one attached hydrogen (secondary N) is 1. The first-order chi connectivity index (χ1) is 16.2. The quantitative estimate of drug-likeness (QED) is 0.592. The van der Waals surface area contributed by atoms with Gasteiger partial charge in [-0.3, -0.25) is 9.36 Å². The van der Waals surface area contributed by atoms with Gasteiger partial charge in [-0.2, -0.15) is 5.10 Å². The molecular weight excluding hydrogens is 462 g/mol. The molecule has 0 saturated carbocycles. The van der Waals surface area contributed by atoms with Gasteiger partial charge in [0.2, 0.25) is 0 Å². The van der Waals surface area contributed by atoms with Crippen LogP contribution < -0.4 is 19.7 Å². The fourth-order valence-corrected chi connectivity index (χ4v) is 6.47. The van der Waals surface area contributed by atoms with E-state index in [0.717, 1.165) is 71.9 Å². The average molecular weight is 488 g/mol. The van der Waals surface area contributed by atoms with E-state index in [9.17, 15) is 4.79 Å². The van der Waals surface area contributed by atoms with Gasteiger partial charge in [0.15, 0.2) is 5.75 Å². The van der Waals surface area contributed by atoms with Crippen LogP contribution in [0.5, 0.6) is 11.6 Å². The zero-order chi connectivity index (χ0) is 22.4. The molecule has 0 aliphatic carbocycles. The number of halogens is 1. The highest BCUT2D eigenvalue weighted by atomic mass is 35.5. The van der Waals surface area contributed by atoms with Gasteiger partial charge in [-0.25, -0.2) is 0 Å². The van der Waals surface area contributed by atoms with E-state index in [4.69, 9.17) is 21.1 Å². The summed E-state index contributed by atoms with van der Waals surface area (Å²) >= 11 is 7.96. The Labute approximate surface area is 200 Å². The summed E-state index contributed by atoms with van der Waals surface area (Å²) < 4.78 is 14.0. The molecule has 0 radical (unpaired) electrons. The molecule has 174 valence electrons. The highest BCUT2D eigenvalue weighted by molar-refractivity contribution is 7.16. The van der Waals surface area contributed by atoms with Crippen molar-refractivity contribution in [2.45, 2.75) is 44.3 Å². The van der Waals surface area contributed by atoms with Crippen molar-refractivity contribution in [1.82, 2.24) is 25.0 Å². The van der Waals surface area contributed by atoms with Crippen LogP contribution in [0.15, 0.2) is 23.0 Å². The van der Waals surface area contributed by atoms with E-state index < -0.39 is 0 Å². The van der Waals surface area contributed by atoms with Gasteiger partial charge in [0, 0.05) is 48.2 Å². The van der Waals surface area contributed by atoms with Crippen LogP contribution in [0.2, 0.25) is 5.02 Å². The van der Waals surface area contributed by atoms with Gasteiger partial charge < -0.3 is 19.7 Å². The smallest absolute Gasteiger partial charge is 0.308 e. The number of likely N-dealkylation sites (tertiary alicyclic amines) is 1. The van der Waals surface area contributed by atoms with Crippen molar-refractivity contribution < 1.29 is 9.47 Å². The summed E-state index contributed by atoms with van der Waals surface area (Å²) in [6.45, 7) is 5.61. The fourth-order valence-electron chi connectivity index (χ4n) is 5.23. The lowest BCUT2D eigenvalue weighted by Crippen LogP contribution is -2.44. The second-order valence-corrected chi connectivity index (χ2v) is 10.4. The van der Waals surface area contributed by atoms with Gasteiger partial charge in [-0.15, -0.1) is 5.10 Å². The molecule has 1 aromatic carbocycles. The number of benzene rings is 1. The third-order valence-corrected chi connectivity index (χ3v) is 8.19. The number of piperidine rings is 1. The Morgan fingerprint density at radius 1 is 1.12 bits per heavy atom. The molecular formula is C23H26ClN5O3S. The Kier molecular flexibility index (Phi) is 5.73. The van der Waals surface area contributed by atoms with Gasteiger partial charge in [-0.1, -0.05) is 22.9 Å². The Hall–Kier alpha value is -2.20. The second-order valence-electron chi connectivity index (χ2n) is 8.97. The third-order valence-electron chi connectivity index (χ3n) is 6.92. The molecule has 0 spiro atoms. The van der Waals surface area contributed by atoms with Crippen molar-refractivity contribution in [2.24, 2.45) is 0 Å². The largest absolute Gasteiger partial charge is 0.484 e. The van der Waals surface area contributed by atoms with Crippen molar-refractivity contribution >= 4 is 33.2 Å². The summed E-state index contributed by atoms with van der Waals surface area (Å²) in [7, 11) is 0. The summed E-state index contributed by atoms with van der Waals surface area (Å²) in [5, 5.41) is 12.8. The zero-order valence-electron chi connectivity index (χ0n) is 18.3. The molecule has 2 aromatic heterocycles. The molecule has 3 aliphatic heterocycles. The van der Waals surface area contributed by atoms with Crippen molar-refractivity contribution in [3.05, 3.63) is 44.1 Å². The number of fused-ring (bicyclic) bond motifs is 1.